The summed E-state index contributed by atoms with van der Waals surface area (Å²) in [4.78, 5) is 0. The van der Waals surface area contributed by atoms with Gasteiger partial charge in [-0.15, -0.1) is 0 Å². The summed E-state index contributed by atoms with van der Waals surface area (Å²) in [6.07, 6.45) is -1.02. The third-order valence-corrected chi connectivity index (χ3v) is 3.04. The fourth-order valence-electron chi connectivity index (χ4n) is 1.60. The Labute approximate surface area is 111 Å². The van der Waals surface area contributed by atoms with Gasteiger partial charge in [0.15, 0.2) is 0 Å². The van der Waals surface area contributed by atoms with Crippen molar-refractivity contribution in [2.75, 3.05) is 0 Å². The molecular weight excluding hydrogens is 337 g/mol. The molecule has 0 spiro atoms. The summed E-state index contributed by atoms with van der Waals surface area (Å²) in [5.41, 5.74) is 0.825. The molecule has 0 aliphatic carbocycles. The minimum absolute atomic E-state index is 0.213. The quantitative estimate of drug-likeness (QED) is 0.823. The topological polar surface area (TPSA) is 20.2 Å². The second-order valence-corrected chi connectivity index (χ2v) is 4.91. The van der Waals surface area contributed by atoms with E-state index in [9.17, 15) is 13.9 Å². The van der Waals surface area contributed by atoms with Crippen LogP contribution in [0.1, 0.15) is 17.2 Å². The van der Waals surface area contributed by atoms with Crippen molar-refractivity contribution in [1.82, 2.24) is 0 Å². The fourth-order valence-corrected chi connectivity index (χ4v) is 2.17. The molecule has 0 amide bonds. The van der Waals surface area contributed by atoms with Crippen LogP contribution in [0, 0.1) is 15.2 Å². The molecule has 0 aliphatic rings. The van der Waals surface area contributed by atoms with E-state index in [0.29, 0.717) is 5.56 Å². The van der Waals surface area contributed by atoms with Crippen LogP contribution in [0.3, 0.4) is 0 Å². The molecule has 4 heteroatoms. The number of hydrogen-bond acceptors (Lipinski definition) is 1. The van der Waals surface area contributed by atoms with Gasteiger partial charge in [-0.1, -0.05) is 12.1 Å². The molecule has 2 aromatic carbocycles. The van der Waals surface area contributed by atoms with Crippen LogP contribution >= 0.6 is 22.6 Å². The summed E-state index contributed by atoms with van der Waals surface area (Å²) >= 11 is 2.11. The lowest BCUT2D eigenvalue weighted by atomic mass is 10.0. The normalized spacial score (nSPS) is 12.5. The first kappa shape index (κ1) is 12.4. The van der Waals surface area contributed by atoms with Crippen LogP contribution in [0.15, 0.2) is 42.5 Å². The largest absolute Gasteiger partial charge is 0.384 e. The van der Waals surface area contributed by atoms with Crippen molar-refractivity contribution >= 4 is 22.6 Å². The molecular formula is C13H9F2IO. The smallest absolute Gasteiger partial charge is 0.126 e. The molecule has 0 saturated heterocycles. The van der Waals surface area contributed by atoms with Crippen LogP contribution < -0.4 is 0 Å². The van der Waals surface area contributed by atoms with Crippen molar-refractivity contribution in [3.05, 3.63) is 68.8 Å². The minimum Gasteiger partial charge on any atom is -0.384 e. The number of rotatable bonds is 2. The van der Waals surface area contributed by atoms with Crippen molar-refractivity contribution in [2.24, 2.45) is 0 Å². The molecule has 1 N–H and O–H groups in total. The molecule has 0 bridgehead atoms. The summed E-state index contributed by atoms with van der Waals surface area (Å²) in [6, 6.07) is 10.2. The van der Waals surface area contributed by atoms with Gasteiger partial charge in [0.1, 0.15) is 17.7 Å². The van der Waals surface area contributed by atoms with Crippen LogP contribution in [-0.4, -0.2) is 5.11 Å². The third kappa shape index (κ3) is 3.01. The van der Waals surface area contributed by atoms with E-state index in [1.807, 2.05) is 6.07 Å². The summed E-state index contributed by atoms with van der Waals surface area (Å²) in [6.45, 7) is 0. The van der Waals surface area contributed by atoms with Gasteiger partial charge in [0.25, 0.3) is 0 Å². The van der Waals surface area contributed by atoms with E-state index >= 15 is 0 Å². The first-order valence-electron chi connectivity index (χ1n) is 4.96. The Morgan fingerprint density at radius 1 is 0.941 bits per heavy atom. The van der Waals surface area contributed by atoms with E-state index in [4.69, 9.17) is 0 Å². The van der Waals surface area contributed by atoms with Crippen molar-refractivity contribution in [3.8, 4) is 0 Å². The highest BCUT2D eigenvalue weighted by atomic mass is 127. The Bertz CT molecular complexity index is 522. The Morgan fingerprint density at radius 3 is 2.18 bits per heavy atom. The molecule has 17 heavy (non-hydrogen) atoms. The SMILES string of the molecule is OC(c1cc(F)cc(F)c1)c1cccc(I)c1. The van der Waals surface area contributed by atoms with E-state index in [-0.39, 0.29) is 5.56 Å². The Balaban J connectivity index is 2.39. The highest BCUT2D eigenvalue weighted by molar-refractivity contribution is 14.1. The van der Waals surface area contributed by atoms with Gasteiger partial charge in [0, 0.05) is 9.64 Å². The lowest BCUT2D eigenvalue weighted by molar-refractivity contribution is 0.219. The van der Waals surface area contributed by atoms with Gasteiger partial charge in [-0.05, 0) is 58.0 Å². The van der Waals surface area contributed by atoms with Crippen LogP contribution in [0.5, 0.6) is 0 Å². The van der Waals surface area contributed by atoms with Crippen LogP contribution in [-0.2, 0) is 0 Å². The van der Waals surface area contributed by atoms with E-state index in [1.165, 1.54) is 0 Å². The van der Waals surface area contributed by atoms with Crippen molar-refractivity contribution in [3.63, 3.8) is 0 Å². The molecule has 1 atom stereocenters. The lowest BCUT2D eigenvalue weighted by Gasteiger charge is -2.12. The molecule has 0 aromatic heterocycles. The molecule has 0 fully saturated rings. The van der Waals surface area contributed by atoms with Gasteiger partial charge < -0.3 is 5.11 Å². The Hall–Kier alpha value is -1.01. The molecule has 88 valence electrons. The molecule has 1 unspecified atom stereocenters. The molecule has 0 heterocycles. The van der Waals surface area contributed by atoms with Crippen molar-refractivity contribution < 1.29 is 13.9 Å². The first-order chi connectivity index (χ1) is 8.06. The molecule has 2 rings (SSSR count). The number of halogens is 3. The summed E-state index contributed by atoms with van der Waals surface area (Å²) in [5.74, 6) is -1.38. The highest BCUT2D eigenvalue weighted by Crippen LogP contribution is 2.24. The third-order valence-electron chi connectivity index (χ3n) is 2.37. The maximum atomic E-state index is 13.0. The zero-order valence-electron chi connectivity index (χ0n) is 8.70. The number of aliphatic hydroxyl groups is 1. The van der Waals surface area contributed by atoms with Crippen LogP contribution in [0.25, 0.3) is 0 Å². The maximum Gasteiger partial charge on any atom is 0.126 e. The zero-order valence-corrected chi connectivity index (χ0v) is 10.9. The van der Waals surface area contributed by atoms with Gasteiger partial charge >= 0.3 is 0 Å². The number of benzene rings is 2. The van der Waals surface area contributed by atoms with Crippen molar-refractivity contribution in [2.45, 2.75) is 6.10 Å². The van der Waals surface area contributed by atoms with Gasteiger partial charge in [0.05, 0.1) is 0 Å². The van der Waals surface area contributed by atoms with E-state index in [2.05, 4.69) is 22.6 Å². The lowest BCUT2D eigenvalue weighted by Crippen LogP contribution is -2.01. The zero-order chi connectivity index (χ0) is 12.4. The molecule has 2 aromatic rings. The van der Waals surface area contributed by atoms with Gasteiger partial charge in [0.2, 0.25) is 0 Å². The van der Waals surface area contributed by atoms with E-state index in [1.54, 1.807) is 18.2 Å². The number of aliphatic hydroxyl groups excluding tert-OH is 1. The summed E-state index contributed by atoms with van der Waals surface area (Å²) in [7, 11) is 0. The summed E-state index contributed by atoms with van der Waals surface area (Å²) in [5, 5.41) is 10.0. The molecule has 0 radical (unpaired) electrons. The fraction of sp³-hybridized carbons (Fsp3) is 0.0769. The average molecular weight is 346 g/mol. The first-order valence-corrected chi connectivity index (χ1v) is 6.03. The van der Waals surface area contributed by atoms with Gasteiger partial charge in [-0.2, -0.15) is 0 Å². The second kappa shape index (κ2) is 5.10. The van der Waals surface area contributed by atoms with Crippen LogP contribution in [0.4, 0.5) is 8.78 Å². The van der Waals surface area contributed by atoms with Gasteiger partial charge in [-0.25, -0.2) is 8.78 Å². The predicted octanol–water partition coefficient (Wildman–Crippen LogP) is 3.65. The Morgan fingerprint density at radius 2 is 1.59 bits per heavy atom. The van der Waals surface area contributed by atoms with E-state index < -0.39 is 17.7 Å². The monoisotopic (exact) mass is 346 g/mol. The minimum atomic E-state index is -1.02. The van der Waals surface area contributed by atoms with Gasteiger partial charge in [-0.3, -0.25) is 0 Å². The van der Waals surface area contributed by atoms with E-state index in [0.717, 1.165) is 21.8 Å². The predicted molar refractivity (Wildman–Crippen MR) is 69.6 cm³/mol. The average Bonchev–Trinajstić information content (AvgIpc) is 2.26. The maximum absolute atomic E-state index is 13.0. The standard InChI is InChI=1S/C13H9F2IO/c14-10-4-9(5-11(15)7-10)13(17)8-2-1-3-12(16)6-8/h1-7,13,17H. The highest BCUT2D eigenvalue weighted by Gasteiger charge is 2.12. The summed E-state index contributed by atoms with van der Waals surface area (Å²) < 4.78 is 27.0. The van der Waals surface area contributed by atoms with Crippen LogP contribution in [0.2, 0.25) is 0 Å². The molecule has 1 nitrogen and oxygen atoms in total. The Kier molecular flexibility index (Phi) is 3.73. The number of hydrogen-bond donors (Lipinski definition) is 1. The second-order valence-electron chi connectivity index (χ2n) is 3.66. The molecule has 0 saturated carbocycles. The van der Waals surface area contributed by atoms with Crippen molar-refractivity contribution in [1.29, 1.82) is 0 Å². The molecule has 0 aliphatic heterocycles.